The molecule has 2 heterocycles. The molecule has 0 spiro atoms. The molecule has 1 aliphatic rings. The molecule has 0 bridgehead atoms. The molecule has 3 rings (SSSR count). The summed E-state index contributed by atoms with van der Waals surface area (Å²) in [5.41, 5.74) is 2.44. The molecule has 1 aliphatic heterocycles. The van der Waals surface area contributed by atoms with Crippen molar-refractivity contribution in [3.63, 3.8) is 0 Å². The minimum atomic E-state index is 0. The molecule has 1 saturated heterocycles. The van der Waals surface area contributed by atoms with Crippen LogP contribution in [-0.4, -0.2) is 66.1 Å². The third-order valence-corrected chi connectivity index (χ3v) is 5.47. The van der Waals surface area contributed by atoms with Gasteiger partial charge >= 0.3 is 0 Å². The summed E-state index contributed by atoms with van der Waals surface area (Å²) in [6, 6.07) is 11.0. The lowest BCUT2D eigenvalue weighted by Crippen LogP contribution is -2.51. The Morgan fingerprint density at radius 3 is 2.62 bits per heavy atom. The Bertz CT molecular complexity index is 790. The van der Waals surface area contributed by atoms with Gasteiger partial charge in [-0.15, -0.1) is 24.0 Å². The number of rotatable bonds is 10. The number of guanidine groups is 1. The summed E-state index contributed by atoms with van der Waals surface area (Å²) in [5.74, 6) is 1.54. The number of aliphatic imine (C=N–C) groups is 1. The zero-order chi connectivity index (χ0) is 21.9. The predicted molar refractivity (Wildman–Crippen MR) is 142 cm³/mol. The lowest BCUT2D eigenvalue weighted by molar-refractivity contribution is 0.0132. The highest BCUT2D eigenvalue weighted by Gasteiger charge is 2.22. The van der Waals surface area contributed by atoms with E-state index in [1.54, 1.807) is 0 Å². The maximum atomic E-state index is 5.55. The van der Waals surface area contributed by atoms with Gasteiger partial charge in [0.1, 0.15) is 0 Å². The predicted octanol–water partition coefficient (Wildman–Crippen LogP) is 3.35. The van der Waals surface area contributed by atoms with Gasteiger partial charge in [-0.1, -0.05) is 38.1 Å². The molecule has 0 amide bonds. The molecule has 1 atom stereocenters. The summed E-state index contributed by atoms with van der Waals surface area (Å²) < 4.78 is 7.48. The summed E-state index contributed by atoms with van der Waals surface area (Å²) in [5, 5.41) is 11.3. The quantitative estimate of drug-likeness (QED) is 0.268. The van der Waals surface area contributed by atoms with E-state index in [9.17, 15) is 0 Å². The van der Waals surface area contributed by atoms with Crippen molar-refractivity contribution < 1.29 is 4.74 Å². The fraction of sp³-hybridized carbons (Fsp3) is 0.583. The van der Waals surface area contributed by atoms with E-state index in [-0.39, 0.29) is 24.0 Å². The van der Waals surface area contributed by atoms with Crippen LogP contribution in [0.3, 0.4) is 0 Å². The van der Waals surface area contributed by atoms with E-state index in [1.165, 1.54) is 17.5 Å². The molecular formula is C24H39IN6O. The number of nitrogens with zero attached hydrogens (tertiary/aromatic N) is 4. The molecule has 1 fully saturated rings. The molecular weight excluding hydrogens is 515 g/mol. The van der Waals surface area contributed by atoms with Gasteiger partial charge in [-0.05, 0) is 36.5 Å². The Kier molecular flexibility index (Phi) is 12.0. The van der Waals surface area contributed by atoms with Gasteiger partial charge in [-0.25, -0.2) is 4.99 Å². The number of ether oxygens (including phenoxy) is 1. The molecule has 7 nitrogen and oxygen atoms in total. The van der Waals surface area contributed by atoms with E-state index in [1.807, 2.05) is 23.1 Å². The van der Waals surface area contributed by atoms with E-state index in [0.717, 1.165) is 51.9 Å². The first-order valence-corrected chi connectivity index (χ1v) is 11.5. The monoisotopic (exact) mass is 554 g/mol. The third kappa shape index (κ3) is 9.07. The van der Waals surface area contributed by atoms with Crippen molar-refractivity contribution in [1.82, 2.24) is 25.3 Å². The Balaban J connectivity index is 0.00000363. The maximum absolute atomic E-state index is 5.55. The number of aromatic nitrogens is 2. The molecule has 1 aromatic heterocycles. The second kappa shape index (κ2) is 14.5. The van der Waals surface area contributed by atoms with E-state index in [4.69, 9.17) is 9.73 Å². The van der Waals surface area contributed by atoms with Gasteiger partial charge < -0.3 is 15.4 Å². The molecule has 2 aromatic rings. The average molecular weight is 555 g/mol. The second-order valence-electron chi connectivity index (χ2n) is 8.53. The first-order valence-electron chi connectivity index (χ1n) is 11.5. The van der Waals surface area contributed by atoms with Crippen molar-refractivity contribution in [3.05, 3.63) is 53.9 Å². The topological polar surface area (TPSA) is 66.7 Å². The lowest BCUT2D eigenvalue weighted by Gasteiger charge is -2.35. The SMILES string of the molecule is CCNC(=NCc1cccc(Cn2cccn2)c1)NCC(CC(C)C)N1CCOCC1.I. The molecule has 2 N–H and O–H groups in total. The highest BCUT2D eigenvalue weighted by molar-refractivity contribution is 14.0. The van der Waals surface area contributed by atoms with Crippen LogP contribution in [0.4, 0.5) is 0 Å². The number of hydrogen-bond donors (Lipinski definition) is 2. The summed E-state index contributed by atoms with van der Waals surface area (Å²) in [7, 11) is 0. The summed E-state index contributed by atoms with van der Waals surface area (Å²) in [6.45, 7) is 13.5. The Hall–Kier alpha value is -1.65. The van der Waals surface area contributed by atoms with Crippen molar-refractivity contribution in [2.45, 2.75) is 46.3 Å². The van der Waals surface area contributed by atoms with Gasteiger partial charge in [0.2, 0.25) is 0 Å². The largest absolute Gasteiger partial charge is 0.379 e. The smallest absolute Gasteiger partial charge is 0.191 e. The molecule has 32 heavy (non-hydrogen) atoms. The van der Waals surface area contributed by atoms with E-state index >= 15 is 0 Å². The number of hydrogen-bond acceptors (Lipinski definition) is 4. The van der Waals surface area contributed by atoms with Gasteiger partial charge in [-0.2, -0.15) is 5.10 Å². The molecule has 0 aliphatic carbocycles. The number of nitrogens with one attached hydrogen (secondary N) is 2. The minimum absolute atomic E-state index is 0. The Labute approximate surface area is 210 Å². The number of benzene rings is 1. The first kappa shape index (κ1) is 26.6. The fourth-order valence-electron chi connectivity index (χ4n) is 3.98. The molecule has 178 valence electrons. The van der Waals surface area contributed by atoms with E-state index < -0.39 is 0 Å². The van der Waals surface area contributed by atoms with Gasteiger partial charge in [0.15, 0.2) is 5.96 Å². The highest BCUT2D eigenvalue weighted by Crippen LogP contribution is 2.13. The van der Waals surface area contributed by atoms with Crippen LogP contribution in [0.2, 0.25) is 0 Å². The zero-order valence-corrected chi connectivity index (χ0v) is 22.0. The van der Waals surface area contributed by atoms with Crippen molar-refractivity contribution in [3.8, 4) is 0 Å². The van der Waals surface area contributed by atoms with Crippen LogP contribution in [0, 0.1) is 5.92 Å². The Morgan fingerprint density at radius 2 is 1.94 bits per heavy atom. The van der Waals surface area contributed by atoms with E-state index in [2.05, 4.69) is 65.7 Å². The van der Waals surface area contributed by atoms with Gasteiger partial charge in [0.25, 0.3) is 0 Å². The van der Waals surface area contributed by atoms with Crippen LogP contribution in [0.5, 0.6) is 0 Å². The maximum Gasteiger partial charge on any atom is 0.191 e. The van der Waals surface area contributed by atoms with Gasteiger partial charge in [0.05, 0.1) is 26.3 Å². The van der Waals surface area contributed by atoms with Crippen molar-refractivity contribution in [2.75, 3.05) is 39.4 Å². The zero-order valence-electron chi connectivity index (χ0n) is 19.7. The molecule has 1 aromatic carbocycles. The molecule has 8 heteroatoms. The summed E-state index contributed by atoms with van der Waals surface area (Å²) >= 11 is 0. The standard InChI is InChI=1S/C24H38N6O.HI/c1-4-25-24(27-18-23(15-20(2)3)29-11-13-31-14-12-29)26-17-21-7-5-8-22(16-21)19-30-10-6-9-28-30;/h5-10,16,20,23H,4,11-15,17-19H2,1-3H3,(H2,25,26,27);1H. The normalized spacial score (nSPS) is 15.9. The molecule has 0 saturated carbocycles. The van der Waals surface area contributed by atoms with Crippen molar-refractivity contribution in [1.29, 1.82) is 0 Å². The highest BCUT2D eigenvalue weighted by atomic mass is 127. The van der Waals surface area contributed by atoms with Crippen LogP contribution in [0.1, 0.15) is 38.3 Å². The van der Waals surface area contributed by atoms with Crippen molar-refractivity contribution in [2.24, 2.45) is 10.9 Å². The summed E-state index contributed by atoms with van der Waals surface area (Å²) in [6.07, 6.45) is 4.97. The first-order chi connectivity index (χ1) is 15.1. The van der Waals surface area contributed by atoms with Gasteiger partial charge in [-0.3, -0.25) is 9.58 Å². The molecule has 1 unspecified atom stereocenters. The lowest BCUT2D eigenvalue weighted by atomic mass is 10.0. The number of halogens is 1. The van der Waals surface area contributed by atoms with Crippen LogP contribution in [-0.2, 0) is 17.8 Å². The average Bonchev–Trinajstić information content (AvgIpc) is 3.28. The fourth-order valence-corrected chi connectivity index (χ4v) is 3.98. The second-order valence-corrected chi connectivity index (χ2v) is 8.53. The van der Waals surface area contributed by atoms with Crippen molar-refractivity contribution >= 4 is 29.9 Å². The van der Waals surface area contributed by atoms with Crippen LogP contribution in [0.25, 0.3) is 0 Å². The Morgan fingerprint density at radius 1 is 1.16 bits per heavy atom. The van der Waals surface area contributed by atoms with E-state index in [0.29, 0.717) is 18.5 Å². The molecule has 0 radical (unpaired) electrons. The van der Waals surface area contributed by atoms with Crippen LogP contribution in [0.15, 0.2) is 47.7 Å². The number of morpholine rings is 1. The summed E-state index contributed by atoms with van der Waals surface area (Å²) in [4.78, 5) is 7.40. The van der Waals surface area contributed by atoms with Gasteiger partial charge in [0, 0.05) is 44.6 Å². The van der Waals surface area contributed by atoms with Crippen LogP contribution >= 0.6 is 24.0 Å². The third-order valence-electron chi connectivity index (χ3n) is 5.47. The van der Waals surface area contributed by atoms with Crippen LogP contribution < -0.4 is 10.6 Å². The minimum Gasteiger partial charge on any atom is -0.379 e.